The summed E-state index contributed by atoms with van der Waals surface area (Å²) in [6.45, 7) is 1.42. The Kier molecular flexibility index (Phi) is 4.59. The molecule has 0 radical (unpaired) electrons. The molecule has 0 bridgehead atoms. The fraction of sp³-hybridized carbons (Fsp3) is 0.500. The number of alkyl halides is 3. The highest BCUT2D eigenvalue weighted by atomic mass is 19.4. The van der Waals surface area contributed by atoms with Crippen LogP contribution in [0.4, 0.5) is 24.9 Å². The van der Waals surface area contributed by atoms with Crippen LogP contribution < -0.4 is 21.5 Å². The molecule has 0 saturated carbocycles. The van der Waals surface area contributed by atoms with Crippen LogP contribution in [-0.4, -0.2) is 58.3 Å². The molecule has 0 atom stereocenters. The molecule has 136 valence electrons. The van der Waals surface area contributed by atoms with Crippen molar-refractivity contribution >= 4 is 23.3 Å². The minimum Gasteiger partial charge on any atom is -0.378 e. The second kappa shape index (κ2) is 6.68. The van der Waals surface area contributed by atoms with Crippen molar-refractivity contribution < 1.29 is 22.7 Å². The highest BCUT2D eigenvalue weighted by Crippen LogP contribution is 2.31. The van der Waals surface area contributed by atoms with Gasteiger partial charge in [-0.3, -0.25) is 10.2 Å². The molecule has 1 saturated heterocycles. The number of carbonyl (C=O) groups excluding carboxylic acids is 1. The minimum absolute atomic E-state index is 0.00408. The molecule has 2 aromatic rings. The maximum absolute atomic E-state index is 13.2. The Morgan fingerprint density at radius 2 is 2.08 bits per heavy atom. The third-order valence-electron chi connectivity index (χ3n) is 3.51. The Labute approximate surface area is 139 Å². The maximum Gasteiger partial charge on any atom is 0.435 e. The Balaban J connectivity index is 2.05. The number of nitrogens with one attached hydrogen (secondary N) is 2. The number of nitrogens with two attached hydrogens (primary N) is 1. The van der Waals surface area contributed by atoms with E-state index in [-0.39, 0.29) is 24.0 Å². The van der Waals surface area contributed by atoms with Gasteiger partial charge in [0, 0.05) is 13.1 Å². The van der Waals surface area contributed by atoms with Gasteiger partial charge in [-0.2, -0.15) is 18.2 Å². The zero-order valence-electron chi connectivity index (χ0n) is 12.9. The number of morpholine rings is 1. The molecule has 1 amide bonds. The van der Waals surface area contributed by atoms with E-state index in [0.29, 0.717) is 37.0 Å². The SMILES string of the molecule is NNC(=O)CNc1nc(N2CCOCC2)nn2c(C(F)(F)F)cnc12. The number of imidazole rings is 1. The van der Waals surface area contributed by atoms with Crippen molar-refractivity contribution in [2.75, 3.05) is 43.1 Å². The van der Waals surface area contributed by atoms with Crippen LogP contribution in [0.15, 0.2) is 6.20 Å². The normalized spacial score (nSPS) is 15.4. The molecular weight excluding hydrogens is 345 g/mol. The first kappa shape index (κ1) is 17.2. The quantitative estimate of drug-likeness (QED) is 0.375. The van der Waals surface area contributed by atoms with Gasteiger partial charge in [0.25, 0.3) is 5.91 Å². The molecule has 2 aromatic heterocycles. The number of anilines is 2. The molecule has 1 aliphatic rings. The third kappa shape index (κ3) is 3.56. The number of hydrogen-bond donors (Lipinski definition) is 3. The summed E-state index contributed by atoms with van der Waals surface area (Å²) in [6.07, 6.45) is -3.97. The largest absolute Gasteiger partial charge is 0.435 e. The van der Waals surface area contributed by atoms with Crippen LogP contribution in [0.25, 0.3) is 5.65 Å². The lowest BCUT2D eigenvalue weighted by atomic mass is 10.4. The summed E-state index contributed by atoms with van der Waals surface area (Å²) in [5.74, 6) is 4.50. The number of aromatic nitrogens is 4. The average Bonchev–Trinajstić information content (AvgIpc) is 3.04. The Morgan fingerprint density at radius 1 is 1.36 bits per heavy atom. The number of rotatable bonds is 4. The van der Waals surface area contributed by atoms with Crippen molar-refractivity contribution in [1.29, 1.82) is 0 Å². The van der Waals surface area contributed by atoms with Gasteiger partial charge in [0.15, 0.2) is 17.2 Å². The Bertz CT molecular complexity index is 772. The first-order valence-electron chi connectivity index (χ1n) is 7.29. The van der Waals surface area contributed by atoms with Crippen LogP contribution in [0.5, 0.6) is 0 Å². The Hall–Kier alpha value is -2.67. The van der Waals surface area contributed by atoms with E-state index >= 15 is 0 Å². The van der Waals surface area contributed by atoms with Gasteiger partial charge in [0.1, 0.15) is 0 Å². The molecule has 0 aromatic carbocycles. The molecule has 0 aliphatic carbocycles. The lowest BCUT2D eigenvalue weighted by Crippen LogP contribution is -2.38. The van der Waals surface area contributed by atoms with Crippen molar-refractivity contribution in [2.45, 2.75) is 6.18 Å². The van der Waals surface area contributed by atoms with E-state index in [4.69, 9.17) is 10.6 Å². The summed E-state index contributed by atoms with van der Waals surface area (Å²) in [5.41, 5.74) is 0.731. The van der Waals surface area contributed by atoms with E-state index in [1.54, 1.807) is 4.90 Å². The van der Waals surface area contributed by atoms with E-state index in [1.807, 2.05) is 5.43 Å². The number of amides is 1. The number of fused-ring (bicyclic) bond motifs is 1. The van der Waals surface area contributed by atoms with Gasteiger partial charge in [0.05, 0.1) is 26.0 Å². The molecule has 1 aliphatic heterocycles. The smallest absolute Gasteiger partial charge is 0.378 e. The standard InChI is InChI=1S/C12H15F3N8O2/c13-12(14,15)7-5-18-10-9(17-6-8(24)20-16)19-11(21-23(7)10)22-1-3-25-4-2-22/h5H,1-4,6,16H2,(H,20,24)(H,17,19,21). The molecule has 10 nitrogen and oxygen atoms in total. The summed E-state index contributed by atoms with van der Waals surface area (Å²) in [6, 6.07) is 0. The van der Waals surface area contributed by atoms with E-state index in [2.05, 4.69) is 20.4 Å². The monoisotopic (exact) mass is 360 g/mol. The van der Waals surface area contributed by atoms with Crippen molar-refractivity contribution in [3.05, 3.63) is 11.9 Å². The van der Waals surface area contributed by atoms with Crippen LogP contribution in [0.3, 0.4) is 0 Å². The number of carbonyl (C=O) groups is 1. The summed E-state index contributed by atoms with van der Waals surface area (Å²) in [5, 5.41) is 6.59. The molecule has 0 spiro atoms. The zero-order valence-corrected chi connectivity index (χ0v) is 12.9. The van der Waals surface area contributed by atoms with Crippen molar-refractivity contribution in [1.82, 2.24) is 25.0 Å². The summed E-state index contributed by atoms with van der Waals surface area (Å²) in [4.78, 5) is 20.9. The third-order valence-corrected chi connectivity index (χ3v) is 3.51. The predicted molar refractivity (Wildman–Crippen MR) is 79.6 cm³/mol. The van der Waals surface area contributed by atoms with E-state index in [1.165, 1.54) is 0 Å². The van der Waals surface area contributed by atoms with Gasteiger partial charge in [-0.1, -0.05) is 0 Å². The Morgan fingerprint density at radius 3 is 2.72 bits per heavy atom. The summed E-state index contributed by atoms with van der Waals surface area (Å²) < 4.78 is 45.4. The predicted octanol–water partition coefficient (Wildman–Crippen LogP) is -0.619. The molecular formula is C12H15F3N8O2. The lowest BCUT2D eigenvalue weighted by molar-refractivity contribution is -0.142. The fourth-order valence-electron chi connectivity index (χ4n) is 2.29. The average molecular weight is 360 g/mol. The summed E-state index contributed by atoms with van der Waals surface area (Å²) in [7, 11) is 0. The molecule has 13 heteroatoms. The highest BCUT2D eigenvalue weighted by molar-refractivity contribution is 5.81. The van der Waals surface area contributed by atoms with Crippen LogP contribution in [0.2, 0.25) is 0 Å². The zero-order chi connectivity index (χ0) is 18.0. The molecule has 3 rings (SSSR count). The van der Waals surface area contributed by atoms with Gasteiger partial charge >= 0.3 is 6.18 Å². The molecule has 4 N–H and O–H groups in total. The van der Waals surface area contributed by atoms with Crippen molar-refractivity contribution in [3.8, 4) is 0 Å². The molecule has 3 heterocycles. The van der Waals surface area contributed by atoms with E-state index in [9.17, 15) is 18.0 Å². The summed E-state index contributed by atoms with van der Waals surface area (Å²) >= 11 is 0. The number of hydrogen-bond acceptors (Lipinski definition) is 8. The number of hydrazine groups is 1. The van der Waals surface area contributed by atoms with E-state index < -0.39 is 17.8 Å². The lowest BCUT2D eigenvalue weighted by Gasteiger charge is -2.27. The highest BCUT2D eigenvalue weighted by Gasteiger charge is 2.36. The molecule has 1 fully saturated rings. The number of nitrogens with zero attached hydrogens (tertiary/aromatic N) is 5. The van der Waals surface area contributed by atoms with Gasteiger partial charge < -0.3 is 15.0 Å². The van der Waals surface area contributed by atoms with Crippen LogP contribution in [0.1, 0.15) is 5.69 Å². The topological polar surface area (TPSA) is 123 Å². The minimum atomic E-state index is -4.64. The second-order valence-corrected chi connectivity index (χ2v) is 5.16. The number of ether oxygens (including phenoxy) is 1. The van der Waals surface area contributed by atoms with Crippen LogP contribution in [-0.2, 0) is 15.7 Å². The molecule has 25 heavy (non-hydrogen) atoms. The van der Waals surface area contributed by atoms with Crippen molar-refractivity contribution in [3.63, 3.8) is 0 Å². The van der Waals surface area contributed by atoms with Crippen LogP contribution >= 0.6 is 0 Å². The molecule has 0 unspecified atom stereocenters. The van der Waals surface area contributed by atoms with Crippen molar-refractivity contribution in [2.24, 2.45) is 5.84 Å². The number of halogens is 3. The van der Waals surface area contributed by atoms with Gasteiger partial charge in [0.2, 0.25) is 5.95 Å². The van der Waals surface area contributed by atoms with E-state index in [0.717, 1.165) is 0 Å². The van der Waals surface area contributed by atoms with Gasteiger partial charge in [-0.05, 0) is 0 Å². The maximum atomic E-state index is 13.2. The van der Waals surface area contributed by atoms with Gasteiger partial charge in [-0.25, -0.2) is 15.3 Å². The first-order valence-corrected chi connectivity index (χ1v) is 7.29. The fourth-order valence-corrected chi connectivity index (χ4v) is 2.29. The first-order chi connectivity index (χ1) is 11.9. The van der Waals surface area contributed by atoms with Crippen LogP contribution in [0, 0.1) is 0 Å². The second-order valence-electron chi connectivity index (χ2n) is 5.16. The van der Waals surface area contributed by atoms with Gasteiger partial charge in [-0.15, -0.1) is 5.10 Å².